The molecule has 1 heterocycles. The smallest absolute Gasteiger partial charge is 0.339 e. The van der Waals surface area contributed by atoms with Gasteiger partial charge in [0.25, 0.3) is 0 Å². The van der Waals surface area contributed by atoms with Crippen molar-refractivity contribution in [3.63, 3.8) is 0 Å². The summed E-state index contributed by atoms with van der Waals surface area (Å²) < 4.78 is 10.5. The van der Waals surface area contributed by atoms with Gasteiger partial charge in [0, 0.05) is 12.0 Å². The van der Waals surface area contributed by atoms with E-state index in [1.807, 2.05) is 6.92 Å². The van der Waals surface area contributed by atoms with Crippen molar-refractivity contribution in [3.8, 4) is 11.5 Å². The molecule has 0 spiro atoms. The highest BCUT2D eigenvalue weighted by Gasteiger charge is 2.27. The molecule has 0 saturated carbocycles. The highest BCUT2D eigenvalue weighted by atomic mass is 16.5. The van der Waals surface area contributed by atoms with Crippen LogP contribution in [0.15, 0.2) is 6.07 Å². The highest BCUT2D eigenvalue weighted by Crippen LogP contribution is 2.41. The average Bonchev–Trinajstić information content (AvgIpc) is 2.58. The zero-order valence-electron chi connectivity index (χ0n) is 9.11. The van der Waals surface area contributed by atoms with Crippen LogP contribution in [0, 0.1) is 0 Å². The molecule has 0 bridgehead atoms. The van der Waals surface area contributed by atoms with E-state index in [0.717, 1.165) is 5.56 Å². The first kappa shape index (κ1) is 10.6. The molecule has 2 rings (SSSR count). The number of anilines is 1. The van der Waals surface area contributed by atoms with E-state index in [1.165, 1.54) is 13.2 Å². The number of carboxylic acid groups (broad SMARTS) is 1. The largest absolute Gasteiger partial charge is 0.494 e. The zero-order valence-corrected chi connectivity index (χ0v) is 9.11. The van der Waals surface area contributed by atoms with Gasteiger partial charge >= 0.3 is 5.97 Å². The van der Waals surface area contributed by atoms with Gasteiger partial charge in [-0.15, -0.1) is 0 Å². The van der Waals surface area contributed by atoms with Crippen LogP contribution in [-0.4, -0.2) is 24.3 Å². The van der Waals surface area contributed by atoms with Crippen LogP contribution in [0.1, 0.15) is 22.8 Å². The number of fused-ring (bicyclic) bond motifs is 1. The van der Waals surface area contributed by atoms with Gasteiger partial charge < -0.3 is 20.3 Å². The van der Waals surface area contributed by atoms with Crippen LogP contribution in [0.5, 0.6) is 11.5 Å². The van der Waals surface area contributed by atoms with Crippen LogP contribution in [0.4, 0.5) is 5.69 Å². The predicted molar refractivity (Wildman–Crippen MR) is 58.2 cm³/mol. The van der Waals surface area contributed by atoms with Crippen molar-refractivity contribution >= 4 is 11.7 Å². The number of carboxylic acids is 1. The van der Waals surface area contributed by atoms with Gasteiger partial charge in [0.05, 0.1) is 12.8 Å². The van der Waals surface area contributed by atoms with E-state index in [0.29, 0.717) is 17.9 Å². The molecule has 5 heteroatoms. The Kier molecular flexibility index (Phi) is 2.38. The van der Waals surface area contributed by atoms with Crippen LogP contribution in [0.2, 0.25) is 0 Å². The molecule has 5 nitrogen and oxygen atoms in total. The molecule has 1 aliphatic rings. The fourth-order valence-electron chi connectivity index (χ4n) is 1.94. The second-order valence-electron chi connectivity index (χ2n) is 3.79. The molecule has 0 saturated heterocycles. The fraction of sp³-hybridized carbons (Fsp3) is 0.364. The van der Waals surface area contributed by atoms with E-state index in [1.54, 1.807) is 0 Å². The number of hydrogen-bond acceptors (Lipinski definition) is 4. The van der Waals surface area contributed by atoms with Gasteiger partial charge in [0.15, 0.2) is 5.75 Å². The molecule has 86 valence electrons. The number of hydrogen-bond donors (Lipinski definition) is 2. The second-order valence-corrected chi connectivity index (χ2v) is 3.79. The summed E-state index contributed by atoms with van der Waals surface area (Å²) in [5.41, 5.74) is 7.10. The maximum atomic E-state index is 11.0. The highest BCUT2D eigenvalue weighted by molar-refractivity contribution is 5.95. The average molecular weight is 223 g/mol. The van der Waals surface area contributed by atoms with Crippen molar-refractivity contribution in [3.05, 3.63) is 17.2 Å². The minimum absolute atomic E-state index is 0.0195. The molecular weight excluding hydrogens is 210 g/mol. The molecular formula is C11H13NO4. The summed E-state index contributed by atoms with van der Waals surface area (Å²) >= 11 is 0. The van der Waals surface area contributed by atoms with Crippen molar-refractivity contribution in [1.29, 1.82) is 0 Å². The van der Waals surface area contributed by atoms with Gasteiger partial charge in [-0.2, -0.15) is 0 Å². The quantitative estimate of drug-likeness (QED) is 0.738. The van der Waals surface area contributed by atoms with E-state index in [-0.39, 0.29) is 17.4 Å². The number of nitrogens with two attached hydrogens (primary N) is 1. The van der Waals surface area contributed by atoms with Crippen molar-refractivity contribution in [1.82, 2.24) is 0 Å². The maximum Gasteiger partial charge on any atom is 0.339 e. The SMILES string of the molecule is COc1c(C(=O)O)cc2c(c1N)CC(C)O2. The Hall–Kier alpha value is -1.91. The van der Waals surface area contributed by atoms with E-state index in [9.17, 15) is 4.79 Å². The summed E-state index contributed by atoms with van der Waals surface area (Å²) in [6.07, 6.45) is 0.697. The number of carbonyl (C=O) groups is 1. The van der Waals surface area contributed by atoms with Crippen molar-refractivity contribution in [2.45, 2.75) is 19.4 Å². The van der Waals surface area contributed by atoms with E-state index in [2.05, 4.69) is 0 Å². The molecule has 3 N–H and O–H groups in total. The van der Waals surface area contributed by atoms with Crippen LogP contribution >= 0.6 is 0 Å². The summed E-state index contributed by atoms with van der Waals surface area (Å²) in [5.74, 6) is -0.318. The molecule has 1 aliphatic heterocycles. The zero-order chi connectivity index (χ0) is 11.9. The van der Waals surface area contributed by atoms with Gasteiger partial charge in [-0.1, -0.05) is 0 Å². The molecule has 16 heavy (non-hydrogen) atoms. The van der Waals surface area contributed by atoms with Gasteiger partial charge in [-0.05, 0) is 13.0 Å². The first-order valence-corrected chi connectivity index (χ1v) is 4.94. The third-order valence-corrected chi connectivity index (χ3v) is 2.64. The Morgan fingerprint density at radius 1 is 1.69 bits per heavy atom. The Morgan fingerprint density at radius 3 is 2.94 bits per heavy atom. The number of nitrogen functional groups attached to an aromatic ring is 1. The minimum atomic E-state index is -1.07. The van der Waals surface area contributed by atoms with Crippen LogP contribution < -0.4 is 15.2 Å². The lowest BCUT2D eigenvalue weighted by atomic mass is 10.0. The molecule has 1 aromatic rings. The Bertz CT molecular complexity index is 456. The lowest BCUT2D eigenvalue weighted by Crippen LogP contribution is -2.05. The molecule has 0 aromatic heterocycles. The first-order chi connectivity index (χ1) is 7.54. The molecule has 1 unspecified atom stereocenters. The Balaban J connectivity index is 2.63. The minimum Gasteiger partial charge on any atom is -0.494 e. The van der Waals surface area contributed by atoms with Crippen molar-refractivity contribution in [2.24, 2.45) is 0 Å². The number of ether oxygens (including phenoxy) is 2. The summed E-state index contributed by atoms with van der Waals surface area (Å²) in [6.45, 7) is 1.91. The lowest BCUT2D eigenvalue weighted by Gasteiger charge is -2.11. The summed E-state index contributed by atoms with van der Waals surface area (Å²) in [6, 6.07) is 1.47. The monoisotopic (exact) mass is 223 g/mol. The molecule has 0 fully saturated rings. The van der Waals surface area contributed by atoms with Crippen LogP contribution in [0.3, 0.4) is 0 Å². The van der Waals surface area contributed by atoms with Crippen molar-refractivity contribution in [2.75, 3.05) is 12.8 Å². The predicted octanol–water partition coefficient (Wildman–Crippen LogP) is 1.30. The lowest BCUT2D eigenvalue weighted by molar-refractivity contribution is 0.0693. The van der Waals surface area contributed by atoms with Gasteiger partial charge in [0.2, 0.25) is 0 Å². The Labute approximate surface area is 92.8 Å². The second kappa shape index (κ2) is 3.59. The summed E-state index contributed by atoms with van der Waals surface area (Å²) in [4.78, 5) is 11.0. The molecule has 0 amide bonds. The van der Waals surface area contributed by atoms with E-state index in [4.69, 9.17) is 20.3 Å². The molecule has 0 aliphatic carbocycles. The number of methoxy groups -OCH3 is 1. The third kappa shape index (κ3) is 1.44. The standard InChI is InChI=1S/C11H13NO4/c1-5-3-6-8(16-5)4-7(11(13)14)10(15-2)9(6)12/h4-5H,3,12H2,1-2H3,(H,13,14). The van der Waals surface area contributed by atoms with Crippen LogP contribution in [0.25, 0.3) is 0 Å². The molecule has 1 atom stereocenters. The van der Waals surface area contributed by atoms with Gasteiger partial charge in [-0.3, -0.25) is 0 Å². The Morgan fingerprint density at radius 2 is 2.38 bits per heavy atom. The number of rotatable bonds is 2. The normalized spacial score (nSPS) is 17.8. The number of aromatic carboxylic acids is 1. The summed E-state index contributed by atoms with van der Waals surface area (Å²) in [7, 11) is 1.41. The van der Waals surface area contributed by atoms with Crippen LogP contribution in [-0.2, 0) is 6.42 Å². The van der Waals surface area contributed by atoms with Crippen molar-refractivity contribution < 1.29 is 19.4 Å². The van der Waals surface area contributed by atoms with E-state index < -0.39 is 5.97 Å². The van der Waals surface area contributed by atoms with Gasteiger partial charge in [0.1, 0.15) is 17.4 Å². The summed E-state index contributed by atoms with van der Waals surface area (Å²) in [5, 5.41) is 9.03. The van der Waals surface area contributed by atoms with E-state index >= 15 is 0 Å². The first-order valence-electron chi connectivity index (χ1n) is 4.94. The topological polar surface area (TPSA) is 81.8 Å². The number of benzene rings is 1. The van der Waals surface area contributed by atoms with Gasteiger partial charge in [-0.25, -0.2) is 4.79 Å². The third-order valence-electron chi connectivity index (χ3n) is 2.64. The maximum absolute atomic E-state index is 11.0. The molecule has 1 aromatic carbocycles. The fourth-order valence-corrected chi connectivity index (χ4v) is 1.94. The molecule has 0 radical (unpaired) electrons.